The summed E-state index contributed by atoms with van der Waals surface area (Å²) in [6, 6.07) is 15.5. The molecule has 3 rings (SSSR count). The van der Waals surface area contributed by atoms with Gasteiger partial charge in [0.05, 0.1) is 12.0 Å². The van der Waals surface area contributed by atoms with Gasteiger partial charge >= 0.3 is 0 Å². The zero-order valence-electron chi connectivity index (χ0n) is 15.1. The van der Waals surface area contributed by atoms with Crippen molar-refractivity contribution in [2.45, 2.75) is 11.8 Å². The predicted molar refractivity (Wildman–Crippen MR) is 112 cm³/mol. The van der Waals surface area contributed by atoms with Crippen molar-refractivity contribution in [2.24, 2.45) is 12.1 Å². The van der Waals surface area contributed by atoms with Crippen LogP contribution in [0.5, 0.6) is 5.75 Å². The number of para-hydroxylation sites is 1. The number of nitrogens with zero attached hydrogens (tertiary/aromatic N) is 4. The predicted octanol–water partition coefficient (Wildman–Crippen LogP) is 3.40. The third-order valence-electron chi connectivity index (χ3n) is 3.62. The molecule has 9 heteroatoms. The molecule has 0 aliphatic carbocycles. The number of hydrogen-bond acceptors (Lipinski definition) is 6. The SMILES string of the molecule is Cn1cnnc1SCC(=O)N/N=C/c1ccccc1OCc1ccc(Br)cc1. The number of thioether (sulfide) groups is 1. The van der Waals surface area contributed by atoms with Gasteiger partial charge in [-0.3, -0.25) is 4.79 Å². The van der Waals surface area contributed by atoms with Gasteiger partial charge in [-0.15, -0.1) is 10.2 Å². The molecule has 28 heavy (non-hydrogen) atoms. The third kappa shape index (κ3) is 5.93. The van der Waals surface area contributed by atoms with Gasteiger partial charge in [-0.05, 0) is 29.8 Å². The first-order valence-corrected chi connectivity index (χ1v) is 10.1. The highest BCUT2D eigenvalue weighted by Crippen LogP contribution is 2.18. The van der Waals surface area contributed by atoms with Gasteiger partial charge in [-0.1, -0.05) is 52.0 Å². The number of hydrogen-bond donors (Lipinski definition) is 1. The van der Waals surface area contributed by atoms with Crippen LogP contribution < -0.4 is 10.2 Å². The molecule has 0 saturated heterocycles. The van der Waals surface area contributed by atoms with Crippen molar-refractivity contribution in [3.05, 3.63) is 70.5 Å². The third-order valence-corrected chi connectivity index (χ3v) is 5.18. The quantitative estimate of drug-likeness (QED) is 0.317. The standard InChI is InChI=1S/C19H18BrN5O2S/c1-25-13-22-24-19(25)28-12-18(26)23-21-10-15-4-2-3-5-17(15)27-11-14-6-8-16(20)9-7-14/h2-10,13H,11-12H2,1H3,(H,23,26)/b21-10+. The normalized spacial score (nSPS) is 10.9. The van der Waals surface area contributed by atoms with Crippen LogP contribution in [0.15, 0.2) is 69.6 Å². The van der Waals surface area contributed by atoms with Gasteiger partial charge in [-0.2, -0.15) is 5.10 Å². The van der Waals surface area contributed by atoms with Crippen molar-refractivity contribution >= 4 is 39.8 Å². The summed E-state index contributed by atoms with van der Waals surface area (Å²) in [4.78, 5) is 11.9. The van der Waals surface area contributed by atoms with Crippen LogP contribution in [-0.2, 0) is 18.4 Å². The maximum Gasteiger partial charge on any atom is 0.250 e. The highest BCUT2D eigenvalue weighted by atomic mass is 79.9. The maximum absolute atomic E-state index is 11.9. The first-order chi connectivity index (χ1) is 13.6. The number of rotatable bonds is 8. The van der Waals surface area contributed by atoms with E-state index in [1.54, 1.807) is 17.1 Å². The Balaban J connectivity index is 1.52. The number of aromatic nitrogens is 3. The number of benzene rings is 2. The molecule has 1 N–H and O–H groups in total. The van der Waals surface area contributed by atoms with Gasteiger partial charge in [-0.25, -0.2) is 5.43 Å². The highest BCUT2D eigenvalue weighted by molar-refractivity contribution is 9.10. The number of ether oxygens (including phenoxy) is 1. The zero-order chi connectivity index (χ0) is 19.8. The van der Waals surface area contributed by atoms with Gasteiger partial charge in [0, 0.05) is 17.1 Å². The fourth-order valence-electron chi connectivity index (χ4n) is 2.20. The summed E-state index contributed by atoms with van der Waals surface area (Å²) < 4.78 is 8.66. The van der Waals surface area contributed by atoms with E-state index < -0.39 is 0 Å². The number of aryl methyl sites for hydroxylation is 1. The van der Waals surface area contributed by atoms with Gasteiger partial charge in [0.2, 0.25) is 0 Å². The van der Waals surface area contributed by atoms with E-state index in [0.717, 1.165) is 15.6 Å². The van der Waals surface area contributed by atoms with Crippen molar-refractivity contribution in [2.75, 3.05) is 5.75 Å². The minimum absolute atomic E-state index is 0.200. The molecule has 0 aliphatic rings. The summed E-state index contributed by atoms with van der Waals surface area (Å²) in [5, 5.41) is 12.4. The lowest BCUT2D eigenvalue weighted by atomic mass is 10.2. The molecule has 144 valence electrons. The van der Waals surface area contributed by atoms with E-state index in [4.69, 9.17) is 4.74 Å². The lowest BCUT2D eigenvalue weighted by Gasteiger charge is -2.09. The number of hydrazone groups is 1. The van der Waals surface area contributed by atoms with E-state index >= 15 is 0 Å². The monoisotopic (exact) mass is 459 g/mol. The Labute approximate surface area is 175 Å². The van der Waals surface area contributed by atoms with Crippen molar-refractivity contribution in [1.29, 1.82) is 0 Å². The number of amides is 1. The Morgan fingerprint density at radius 1 is 1.29 bits per heavy atom. The molecule has 1 aromatic heterocycles. The lowest BCUT2D eigenvalue weighted by Crippen LogP contribution is -2.20. The van der Waals surface area contributed by atoms with E-state index in [-0.39, 0.29) is 11.7 Å². The molecule has 2 aromatic carbocycles. The van der Waals surface area contributed by atoms with Gasteiger partial charge in [0.1, 0.15) is 18.7 Å². The second-order valence-corrected chi connectivity index (χ2v) is 7.62. The van der Waals surface area contributed by atoms with Crippen molar-refractivity contribution < 1.29 is 9.53 Å². The van der Waals surface area contributed by atoms with Crippen LogP contribution in [0.1, 0.15) is 11.1 Å². The minimum Gasteiger partial charge on any atom is -0.488 e. The fourth-order valence-corrected chi connectivity index (χ4v) is 3.14. The number of carbonyl (C=O) groups is 1. The molecular weight excluding hydrogens is 442 g/mol. The molecule has 0 unspecified atom stereocenters. The number of carbonyl (C=O) groups excluding carboxylic acids is 1. The first-order valence-electron chi connectivity index (χ1n) is 8.37. The van der Waals surface area contributed by atoms with Crippen molar-refractivity contribution in [3.8, 4) is 5.75 Å². The van der Waals surface area contributed by atoms with Crippen LogP contribution in [0.25, 0.3) is 0 Å². The Morgan fingerprint density at radius 3 is 2.82 bits per heavy atom. The van der Waals surface area contributed by atoms with E-state index in [1.165, 1.54) is 11.8 Å². The summed E-state index contributed by atoms with van der Waals surface area (Å²) >= 11 is 4.71. The number of nitrogens with one attached hydrogen (secondary N) is 1. The fraction of sp³-hybridized carbons (Fsp3) is 0.158. The van der Waals surface area contributed by atoms with Gasteiger partial charge < -0.3 is 9.30 Å². The summed E-state index contributed by atoms with van der Waals surface area (Å²) in [6.07, 6.45) is 3.16. The smallest absolute Gasteiger partial charge is 0.250 e. The van der Waals surface area contributed by atoms with Gasteiger partial charge in [0.25, 0.3) is 5.91 Å². The molecule has 1 amide bonds. The Hall–Kier alpha value is -2.65. The zero-order valence-corrected chi connectivity index (χ0v) is 17.5. The van der Waals surface area contributed by atoms with Crippen molar-refractivity contribution in [1.82, 2.24) is 20.2 Å². The Bertz CT molecular complexity index is 959. The van der Waals surface area contributed by atoms with Crippen LogP contribution in [0.4, 0.5) is 0 Å². The van der Waals surface area contributed by atoms with E-state index in [0.29, 0.717) is 17.5 Å². The van der Waals surface area contributed by atoms with E-state index in [9.17, 15) is 4.79 Å². The molecular formula is C19H18BrN5O2S. The molecule has 0 aliphatic heterocycles. The molecule has 0 spiro atoms. The average molecular weight is 460 g/mol. The van der Waals surface area contributed by atoms with Crippen molar-refractivity contribution in [3.63, 3.8) is 0 Å². The molecule has 0 bridgehead atoms. The maximum atomic E-state index is 11.9. The van der Waals surface area contributed by atoms with Crippen LogP contribution in [0.2, 0.25) is 0 Å². The summed E-state index contributed by atoms with van der Waals surface area (Å²) in [5.74, 6) is 0.667. The molecule has 0 saturated carbocycles. The minimum atomic E-state index is -0.225. The molecule has 1 heterocycles. The Morgan fingerprint density at radius 2 is 2.07 bits per heavy atom. The first kappa shape index (κ1) is 20.1. The highest BCUT2D eigenvalue weighted by Gasteiger charge is 2.06. The van der Waals surface area contributed by atoms with Crippen LogP contribution >= 0.6 is 27.7 Å². The molecule has 0 radical (unpaired) electrons. The van der Waals surface area contributed by atoms with Crippen LogP contribution in [0.3, 0.4) is 0 Å². The molecule has 3 aromatic rings. The van der Waals surface area contributed by atoms with Crippen LogP contribution in [-0.4, -0.2) is 32.6 Å². The number of halogens is 1. The van der Waals surface area contributed by atoms with Gasteiger partial charge in [0.15, 0.2) is 5.16 Å². The average Bonchev–Trinajstić information content (AvgIpc) is 3.11. The molecule has 0 atom stereocenters. The largest absolute Gasteiger partial charge is 0.488 e. The second kappa shape index (κ2) is 10.0. The summed E-state index contributed by atoms with van der Waals surface area (Å²) in [5.41, 5.74) is 4.35. The van der Waals surface area contributed by atoms with Crippen LogP contribution in [0, 0.1) is 0 Å². The topological polar surface area (TPSA) is 81.4 Å². The van der Waals surface area contributed by atoms with E-state index in [2.05, 4.69) is 36.7 Å². The summed E-state index contributed by atoms with van der Waals surface area (Å²) in [6.45, 7) is 0.443. The molecule has 7 nitrogen and oxygen atoms in total. The second-order valence-electron chi connectivity index (χ2n) is 5.76. The Kier molecular flexibility index (Phi) is 7.21. The summed E-state index contributed by atoms with van der Waals surface area (Å²) in [7, 11) is 1.82. The lowest BCUT2D eigenvalue weighted by molar-refractivity contribution is -0.118. The van der Waals surface area contributed by atoms with E-state index in [1.807, 2.05) is 55.6 Å². The molecule has 0 fully saturated rings.